The van der Waals surface area contributed by atoms with Crippen LogP contribution in [0, 0.1) is 5.92 Å². The molecule has 0 aromatic heterocycles. The van der Waals surface area contributed by atoms with Gasteiger partial charge < -0.3 is 4.90 Å². The van der Waals surface area contributed by atoms with E-state index >= 15 is 0 Å². The number of carbonyl (C=O) groups excluding carboxylic acids is 1. The first-order valence-corrected chi connectivity index (χ1v) is 6.14. The van der Waals surface area contributed by atoms with Crippen LogP contribution in [0.15, 0.2) is 0 Å². The minimum absolute atomic E-state index is 0.336. The Morgan fingerprint density at radius 2 is 2.31 bits per heavy atom. The molecule has 1 aliphatic heterocycles. The summed E-state index contributed by atoms with van der Waals surface area (Å²) in [6, 6.07) is 0.435. The second-order valence-electron chi connectivity index (χ2n) is 4.11. The van der Waals surface area contributed by atoms with Crippen LogP contribution >= 0.6 is 11.8 Å². The van der Waals surface area contributed by atoms with Gasteiger partial charge in [0.1, 0.15) is 0 Å². The van der Waals surface area contributed by atoms with Crippen LogP contribution in [0.1, 0.15) is 27.2 Å². The number of carbonyl (C=O) groups is 1. The van der Waals surface area contributed by atoms with Crippen LogP contribution in [0.4, 0.5) is 0 Å². The monoisotopic (exact) mass is 201 g/mol. The maximum atomic E-state index is 11.7. The third kappa shape index (κ3) is 3.22. The van der Waals surface area contributed by atoms with Crippen molar-refractivity contribution in [3.05, 3.63) is 0 Å². The quantitative estimate of drug-likeness (QED) is 0.681. The lowest BCUT2D eigenvalue weighted by molar-refractivity contribution is -0.133. The van der Waals surface area contributed by atoms with E-state index in [0.29, 0.717) is 24.3 Å². The third-order valence-corrected chi connectivity index (χ3v) is 3.46. The Bertz CT molecular complexity index is 182. The van der Waals surface area contributed by atoms with Gasteiger partial charge in [-0.15, -0.1) is 0 Å². The standard InChI is InChI=1S/C10H19NOS/c1-8(2)6-10(12)11-4-5-13-7-9(11)3/h8-9H,4-7H2,1-3H3. The van der Waals surface area contributed by atoms with Crippen LogP contribution in [0.5, 0.6) is 0 Å². The number of thioether (sulfide) groups is 1. The van der Waals surface area contributed by atoms with Crippen molar-refractivity contribution in [3.8, 4) is 0 Å². The molecule has 2 nitrogen and oxygen atoms in total. The summed E-state index contributed by atoms with van der Waals surface area (Å²) in [6.07, 6.45) is 0.703. The van der Waals surface area contributed by atoms with Gasteiger partial charge in [-0.3, -0.25) is 4.79 Å². The topological polar surface area (TPSA) is 20.3 Å². The maximum absolute atomic E-state index is 11.7. The van der Waals surface area contributed by atoms with Crippen molar-refractivity contribution in [1.82, 2.24) is 4.90 Å². The number of amides is 1. The first-order chi connectivity index (χ1) is 6.11. The molecule has 1 rings (SSSR count). The Morgan fingerprint density at radius 3 is 2.85 bits per heavy atom. The number of hydrogen-bond acceptors (Lipinski definition) is 2. The van der Waals surface area contributed by atoms with Gasteiger partial charge in [0, 0.05) is 30.5 Å². The minimum atomic E-state index is 0.336. The van der Waals surface area contributed by atoms with Crippen LogP contribution in [-0.2, 0) is 4.79 Å². The van der Waals surface area contributed by atoms with Crippen LogP contribution in [0.3, 0.4) is 0 Å². The molecule has 0 aliphatic carbocycles. The molecule has 1 heterocycles. The molecule has 1 saturated heterocycles. The molecule has 0 radical (unpaired) electrons. The fourth-order valence-corrected chi connectivity index (χ4v) is 2.58. The summed E-state index contributed by atoms with van der Waals surface area (Å²) in [6.45, 7) is 7.28. The molecule has 0 spiro atoms. The molecule has 0 bridgehead atoms. The molecule has 0 aromatic carbocycles. The van der Waals surface area contributed by atoms with E-state index in [-0.39, 0.29) is 0 Å². The molecule has 0 N–H and O–H groups in total. The van der Waals surface area contributed by atoms with Gasteiger partial charge in [-0.1, -0.05) is 13.8 Å². The van der Waals surface area contributed by atoms with E-state index in [9.17, 15) is 4.79 Å². The highest BCUT2D eigenvalue weighted by Crippen LogP contribution is 2.17. The van der Waals surface area contributed by atoms with Gasteiger partial charge in [-0.2, -0.15) is 11.8 Å². The fourth-order valence-electron chi connectivity index (χ4n) is 1.56. The molecular formula is C10H19NOS. The van der Waals surface area contributed by atoms with Crippen LogP contribution in [-0.4, -0.2) is 34.9 Å². The SMILES string of the molecule is CC(C)CC(=O)N1CCSCC1C. The summed E-state index contributed by atoms with van der Waals surface area (Å²) in [5.74, 6) is 3.02. The molecule has 1 atom stereocenters. The molecule has 13 heavy (non-hydrogen) atoms. The van der Waals surface area contributed by atoms with Crippen molar-refractivity contribution >= 4 is 17.7 Å². The minimum Gasteiger partial charge on any atom is -0.338 e. The van der Waals surface area contributed by atoms with Crippen molar-refractivity contribution in [2.75, 3.05) is 18.1 Å². The van der Waals surface area contributed by atoms with Crippen molar-refractivity contribution in [1.29, 1.82) is 0 Å². The predicted molar refractivity (Wildman–Crippen MR) is 58.0 cm³/mol. The van der Waals surface area contributed by atoms with E-state index in [1.807, 2.05) is 16.7 Å². The number of hydrogen-bond donors (Lipinski definition) is 0. The normalized spacial score (nSPS) is 23.7. The smallest absolute Gasteiger partial charge is 0.223 e. The van der Waals surface area contributed by atoms with E-state index in [4.69, 9.17) is 0 Å². The highest BCUT2D eigenvalue weighted by molar-refractivity contribution is 7.99. The summed E-state index contributed by atoms with van der Waals surface area (Å²) in [4.78, 5) is 13.8. The van der Waals surface area contributed by atoms with E-state index in [1.54, 1.807) is 0 Å². The van der Waals surface area contributed by atoms with Gasteiger partial charge in [0.05, 0.1) is 0 Å². The van der Waals surface area contributed by atoms with E-state index in [2.05, 4.69) is 20.8 Å². The van der Waals surface area contributed by atoms with Crippen molar-refractivity contribution in [2.24, 2.45) is 5.92 Å². The Kier molecular flexibility index (Phi) is 4.10. The third-order valence-electron chi connectivity index (χ3n) is 2.27. The molecule has 0 aromatic rings. The van der Waals surface area contributed by atoms with E-state index in [1.165, 1.54) is 0 Å². The summed E-state index contributed by atoms with van der Waals surface area (Å²) in [7, 11) is 0. The van der Waals surface area contributed by atoms with Crippen LogP contribution in [0.25, 0.3) is 0 Å². The average molecular weight is 201 g/mol. The molecule has 1 unspecified atom stereocenters. The molecule has 1 amide bonds. The zero-order valence-electron chi connectivity index (χ0n) is 8.75. The summed E-state index contributed by atoms with van der Waals surface area (Å²) >= 11 is 1.95. The second kappa shape index (κ2) is 4.89. The summed E-state index contributed by atoms with van der Waals surface area (Å²) < 4.78 is 0. The Hall–Kier alpha value is -0.180. The molecule has 1 fully saturated rings. The van der Waals surface area contributed by atoms with Crippen molar-refractivity contribution in [2.45, 2.75) is 33.2 Å². The van der Waals surface area contributed by atoms with Gasteiger partial charge >= 0.3 is 0 Å². The average Bonchev–Trinajstić information content (AvgIpc) is 2.03. The molecule has 1 aliphatic rings. The van der Waals surface area contributed by atoms with Gasteiger partial charge in [0.2, 0.25) is 5.91 Å². The summed E-state index contributed by atoms with van der Waals surface area (Å²) in [5, 5.41) is 0. The highest BCUT2D eigenvalue weighted by Gasteiger charge is 2.23. The Balaban J connectivity index is 2.44. The maximum Gasteiger partial charge on any atom is 0.223 e. The Morgan fingerprint density at radius 1 is 1.62 bits per heavy atom. The zero-order valence-corrected chi connectivity index (χ0v) is 9.56. The second-order valence-corrected chi connectivity index (χ2v) is 5.26. The Labute approximate surface area is 85.1 Å². The first kappa shape index (κ1) is 10.9. The summed E-state index contributed by atoms with van der Waals surface area (Å²) in [5.41, 5.74) is 0. The first-order valence-electron chi connectivity index (χ1n) is 4.98. The van der Waals surface area contributed by atoms with E-state index < -0.39 is 0 Å². The lowest BCUT2D eigenvalue weighted by atomic mass is 10.1. The fraction of sp³-hybridized carbons (Fsp3) is 0.900. The van der Waals surface area contributed by atoms with Crippen LogP contribution < -0.4 is 0 Å². The lowest BCUT2D eigenvalue weighted by Gasteiger charge is -2.33. The van der Waals surface area contributed by atoms with Crippen LogP contribution in [0.2, 0.25) is 0 Å². The van der Waals surface area contributed by atoms with Gasteiger partial charge in [0.25, 0.3) is 0 Å². The number of nitrogens with zero attached hydrogens (tertiary/aromatic N) is 1. The highest BCUT2D eigenvalue weighted by atomic mass is 32.2. The van der Waals surface area contributed by atoms with Gasteiger partial charge in [-0.05, 0) is 12.8 Å². The van der Waals surface area contributed by atoms with Gasteiger partial charge in [0.15, 0.2) is 0 Å². The predicted octanol–water partition coefficient (Wildman–Crippen LogP) is 2.00. The van der Waals surface area contributed by atoms with E-state index in [0.717, 1.165) is 18.1 Å². The largest absolute Gasteiger partial charge is 0.338 e. The molecular weight excluding hydrogens is 182 g/mol. The van der Waals surface area contributed by atoms with Crippen molar-refractivity contribution < 1.29 is 4.79 Å². The van der Waals surface area contributed by atoms with Gasteiger partial charge in [-0.25, -0.2) is 0 Å². The van der Waals surface area contributed by atoms with Crippen molar-refractivity contribution in [3.63, 3.8) is 0 Å². The lowest BCUT2D eigenvalue weighted by Crippen LogP contribution is -2.44. The molecule has 76 valence electrons. The number of rotatable bonds is 2. The zero-order chi connectivity index (χ0) is 9.84. The molecule has 3 heteroatoms. The molecule has 0 saturated carbocycles.